The van der Waals surface area contributed by atoms with E-state index in [4.69, 9.17) is 0 Å². The third-order valence-corrected chi connectivity index (χ3v) is 2.23. The molecule has 1 fully saturated rings. The van der Waals surface area contributed by atoms with E-state index in [9.17, 15) is 0 Å². The first kappa shape index (κ1) is 8.04. The molecular weight excluding hydrogens is 287 g/mol. The SMILES string of the molecule is C1CCSCC1.[Pt]. The fourth-order valence-electron chi connectivity index (χ4n) is 0.687. The summed E-state index contributed by atoms with van der Waals surface area (Å²) in [5.74, 6) is 2.83. The normalized spacial score (nSPS) is 20.6. The van der Waals surface area contributed by atoms with E-state index in [-0.39, 0.29) is 21.1 Å². The molecule has 1 rings (SSSR count). The molecular formula is C5H10PtS. The van der Waals surface area contributed by atoms with Crippen molar-refractivity contribution in [3.63, 3.8) is 0 Å². The first-order valence-electron chi connectivity index (χ1n) is 2.58. The van der Waals surface area contributed by atoms with Crippen molar-refractivity contribution >= 4 is 11.8 Å². The van der Waals surface area contributed by atoms with Gasteiger partial charge < -0.3 is 0 Å². The van der Waals surface area contributed by atoms with Crippen LogP contribution in [-0.4, -0.2) is 11.5 Å². The fourth-order valence-corrected chi connectivity index (χ4v) is 1.71. The van der Waals surface area contributed by atoms with Gasteiger partial charge in [0.1, 0.15) is 0 Å². The molecule has 7 heavy (non-hydrogen) atoms. The zero-order valence-corrected chi connectivity index (χ0v) is 7.35. The van der Waals surface area contributed by atoms with E-state index in [1.165, 1.54) is 30.8 Å². The Kier molecular flexibility index (Phi) is 5.95. The molecule has 0 atom stereocenters. The molecule has 1 aliphatic heterocycles. The van der Waals surface area contributed by atoms with Gasteiger partial charge in [-0.3, -0.25) is 0 Å². The Balaban J connectivity index is 0.000000360. The summed E-state index contributed by atoms with van der Waals surface area (Å²) in [6.45, 7) is 0. The fraction of sp³-hybridized carbons (Fsp3) is 1.00. The van der Waals surface area contributed by atoms with E-state index in [1.54, 1.807) is 0 Å². The third kappa shape index (κ3) is 3.61. The second-order valence-electron chi connectivity index (χ2n) is 1.67. The molecule has 0 radical (unpaired) electrons. The third-order valence-electron chi connectivity index (χ3n) is 1.08. The zero-order chi connectivity index (χ0) is 4.24. The Bertz CT molecular complexity index is 23.6. The first-order chi connectivity index (χ1) is 3.00. The van der Waals surface area contributed by atoms with Gasteiger partial charge in [0.2, 0.25) is 0 Å². The maximum atomic E-state index is 2.09. The average Bonchev–Trinajstić information content (AvgIpc) is 1.72. The van der Waals surface area contributed by atoms with Gasteiger partial charge in [0.05, 0.1) is 0 Å². The van der Waals surface area contributed by atoms with Crippen LogP contribution in [0.15, 0.2) is 0 Å². The second kappa shape index (κ2) is 5.18. The molecule has 0 N–H and O–H groups in total. The minimum atomic E-state index is 0. The molecule has 0 saturated carbocycles. The van der Waals surface area contributed by atoms with Crippen molar-refractivity contribution in [1.29, 1.82) is 0 Å². The molecule has 0 unspecified atom stereocenters. The van der Waals surface area contributed by atoms with Gasteiger partial charge >= 0.3 is 0 Å². The largest absolute Gasteiger partial charge is 0.162 e. The van der Waals surface area contributed by atoms with Crippen LogP contribution in [0.1, 0.15) is 19.3 Å². The van der Waals surface area contributed by atoms with Crippen LogP contribution in [0.4, 0.5) is 0 Å². The molecule has 2 heteroatoms. The van der Waals surface area contributed by atoms with E-state index in [0.717, 1.165) is 0 Å². The maximum Gasteiger partial charge on any atom is 0 e. The summed E-state index contributed by atoms with van der Waals surface area (Å²) in [6.07, 6.45) is 4.41. The van der Waals surface area contributed by atoms with E-state index < -0.39 is 0 Å². The van der Waals surface area contributed by atoms with E-state index in [2.05, 4.69) is 11.8 Å². The molecule has 1 aliphatic rings. The number of rotatable bonds is 0. The summed E-state index contributed by atoms with van der Waals surface area (Å²) in [4.78, 5) is 0. The molecule has 0 aromatic carbocycles. The molecule has 0 aliphatic carbocycles. The van der Waals surface area contributed by atoms with Gasteiger partial charge in [-0.15, -0.1) is 0 Å². The Morgan fingerprint density at radius 1 is 0.857 bits per heavy atom. The quantitative estimate of drug-likeness (QED) is 0.658. The maximum absolute atomic E-state index is 2.09. The van der Waals surface area contributed by atoms with Crippen molar-refractivity contribution < 1.29 is 21.1 Å². The monoisotopic (exact) mass is 297 g/mol. The summed E-state index contributed by atoms with van der Waals surface area (Å²) >= 11 is 2.09. The van der Waals surface area contributed by atoms with Crippen molar-refractivity contribution in [3.8, 4) is 0 Å². The minimum Gasteiger partial charge on any atom is -0.162 e. The summed E-state index contributed by atoms with van der Waals surface area (Å²) in [7, 11) is 0. The number of thioether (sulfide) groups is 1. The van der Waals surface area contributed by atoms with Crippen LogP contribution in [-0.2, 0) is 21.1 Å². The van der Waals surface area contributed by atoms with E-state index >= 15 is 0 Å². The second-order valence-corrected chi connectivity index (χ2v) is 2.90. The Labute approximate surface area is 63.7 Å². The van der Waals surface area contributed by atoms with Gasteiger partial charge in [-0.2, -0.15) is 11.8 Å². The standard InChI is InChI=1S/C5H10S.Pt/c1-2-4-6-5-3-1;/h1-5H2;. The number of hydrogen-bond acceptors (Lipinski definition) is 1. The summed E-state index contributed by atoms with van der Waals surface area (Å²) < 4.78 is 0. The predicted molar refractivity (Wildman–Crippen MR) is 31.2 cm³/mol. The van der Waals surface area contributed by atoms with Gasteiger partial charge in [-0.25, -0.2) is 0 Å². The predicted octanol–water partition coefficient (Wildman–Crippen LogP) is 1.90. The van der Waals surface area contributed by atoms with Crippen molar-refractivity contribution in [2.24, 2.45) is 0 Å². The molecule has 1 saturated heterocycles. The summed E-state index contributed by atoms with van der Waals surface area (Å²) in [5.41, 5.74) is 0. The molecule has 46 valence electrons. The molecule has 0 nitrogen and oxygen atoms in total. The van der Waals surface area contributed by atoms with Crippen LogP contribution in [0.3, 0.4) is 0 Å². The smallest absolute Gasteiger partial charge is 0 e. The van der Waals surface area contributed by atoms with Gasteiger partial charge in [-0.1, -0.05) is 6.42 Å². The molecule has 0 amide bonds. The summed E-state index contributed by atoms with van der Waals surface area (Å²) in [6, 6.07) is 0. The minimum absolute atomic E-state index is 0. The van der Waals surface area contributed by atoms with Crippen LogP contribution in [0.25, 0.3) is 0 Å². The molecule has 1 heterocycles. The molecule has 0 aromatic rings. The van der Waals surface area contributed by atoms with Crippen LogP contribution in [0.2, 0.25) is 0 Å². The number of hydrogen-bond donors (Lipinski definition) is 0. The van der Waals surface area contributed by atoms with Crippen molar-refractivity contribution in [2.45, 2.75) is 19.3 Å². The van der Waals surface area contributed by atoms with Crippen LogP contribution in [0, 0.1) is 0 Å². The Morgan fingerprint density at radius 3 is 1.57 bits per heavy atom. The zero-order valence-electron chi connectivity index (χ0n) is 4.26. The molecule has 0 aromatic heterocycles. The Morgan fingerprint density at radius 2 is 1.43 bits per heavy atom. The molecule has 0 spiro atoms. The van der Waals surface area contributed by atoms with Crippen LogP contribution in [0.5, 0.6) is 0 Å². The first-order valence-corrected chi connectivity index (χ1v) is 3.73. The van der Waals surface area contributed by atoms with Crippen molar-refractivity contribution in [2.75, 3.05) is 11.5 Å². The van der Waals surface area contributed by atoms with Gasteiger partial charge in [-0.05, 0) is 24.3 Å². The summed E-state index contributed by atoms with van der Waals surface area (Å²) in [5, 5.41) is 0. The van der Waals surface area contributed by atoms with Crippen molar-refractivity contribution in [1.82, 2.24) is 0 Å². The van der Waals surface area contributed by atoms with Crippen LogP contribution < -0.4 is 0 Å². The van der Waals surface area contributed by atoms with E-state index in [0.29, 0.717) is 0 Å². The topological polar surface area (TPSA) is 0 Å². The van der Waals surface area contributed by atoms with Crippen molar-refractivity contribution in [3.05, 3.63) is 0 Å². The Hall–Kier alpha value is 1.04. The van der Waals surface area contributed by atoms with Crippen LogP contribution >= 0.6 is 11.8 Å². The van der Waals surface area contributed by atoms with Gasteiger partial charge in [0, 0.05) is 21.1 Å². The van der Waals surface area contributed by atoms with Gasteiger partial charge in [0.15, 0.2) is 0 Å². The average molecular weight is 297 g/mol. The molecule has 0 bridgehead atoms. The van der Waals surface area contributed by atoms with E-state index in [1.807, 2.05) is 0 Å². The van der Waals surface area contributed by atoms with Gasteiger partial charge in [0.25, 0.3) is 0 Å².